The van der Waals surface area contributed by atoms with E-state index in [1.165, 1.54) is 11.8 Å². The molecule has 0 fully saturated rings. The Morgan fingerprint density at radius 3 is 2.62 bits per heavy atom. The molecule has 1 amide bonds. The summed E-state index contributed by atoms with van der Waals surface area (Å²) < 4.78 is 0. The summed E-state index contributed by atoms with van der Waals surface area (Å²) in [4.78, 5) is 31.6. The molecule has 3 N–H and O–H groups in total. The first-order valence-electron chi connectivity index (χ1n) is 6.64. The molecule has 0 bridgehead atoms. The van der Waals surface area contributed by atoms with Crippen molar-refractivity contribution in [1.82, 2.24) is 9.97 Å². The number of aryl methyl sites for hydroxylation is 1. The van der Waals surface area contributed by atoms with Crippen molar-refractivity contribution < 1.29 is 9.72 Å². The predicted molar refractivity (Wildman–Crippen MR) is 79.3 cm³/mol. The molecule has 1 aromatic heterocycles. The van der Waals surface area contributed by atoms with E-state index in [1.807, 2.05) is 6.92 Å². The largest absolute Gasteiger partial charge is 0.368 e. The number of hydrogen-bond donors (Lipinski definition) is 2. The number of carbonyl (C=O) groups is 1. The lowest BCUT2D eigenvalue weighted by Gasteiger charge is -2.22. The molecule has 9 nitrogen and oxygen atoms in total. The van der Waals surface area contributed by atoms with Gasteiger partial charge in [0, 0.05) is 13.6 Å². The molecule has 21 heavy (non-hydrogen) atoms. The minimum absolute atomic E-state index is 0.115. The summed E-state index contributed by atoms with van der Waals surface area (Å²) >= 11 is 0. The van der Waals surface area contributed by atoms with Gasteiger partial charge >= 0.3 is 5.69 Å². The minimum atomic E-state index is -0.567. The molecule has 0 unspecified atom stereocenters. The summed E-state index contributed by atoms with van der Waals surface area (Å²) in [6.45, 7) is 3.86. The molecule has 0 spiro atoms. The highest BCUT2D eigenvalue weighted by Crippen LogP contribution is 2.29. The molecule has 0 saturated carbocycles. The molecule has 1 rings (SSSR count). The van der Waals surface area contributed by atoms with Gasteiger partial charge in [0.2, 0.25) is 17.7 Å². The van der Waals surface area contributed by atoms with Crippen molar-refractivity contribution in [2.75, 3.05) is 30.4 Å². The van der Waals surface area contributed by atoms with E-state index in [4.69, 9.17) is 5.73 Å². The zero-order valence-electron chi connectivity index (χ0n) is 12.4. The Labute approximate surface area is 122 Å². The van der Waals surface area contributed by atoms with Gasteiger partial charge in [-0.15, -0.1) is 0 Å². The van der Waals surface area contributed by atoms with Crippen LogP contribution in [-0.2, 0) is 4.79 Å². The second-order valence-electron chi connectivity index (χ2n) is 4.55. The Balaban J connectivity index is 3.34. The van der Waals surface area contributed by atoms with Crippen molar-refractivity contribution in [1.29, 1.82) is 0 Å². The Hall–Kier alpha value is -2.45. The maximum Gasteiger partial charge on any atom is 0.332 e. The number of nitrogens with zero attached hydrogens (tertiary/aromatic N) is 4. The Morgan fingerprint density at radius 1 is 1.48 bits per heavy atom. The third-order valence-corrected chi connectivity index (χ3v) is 2.87. The highest BCUT2D eigenvalue weighted by Gasteiger charge is 2.26. The zero-order chi connectivity index (χ0) is 16.0. The van der Waals surface area contributed by atoms with E-state index >= 15 is 0 Å². The minimum Gasteiger partial charge on any atom is -0.368 e. The van der Waals surface area contributed by atoms with E-state index in [9.17, 15) is 14.9 Å². The summed E-state index contributed by atoms with van der Waals surface area (Å²) in [6.07, 6.45) is 1.65. The molecule has 116 valence electrons. The van der Waals surface area contributed by atoms with Crippen LogP contribution in [-0.4, -0.2) is 40.9 Å². The Morgan fingerprint density at radius 2 is 2.14 bits per heavy atom. The second-order valence-corrected chi connectivity index (χ2v) is 4.55. The van der Waals surface area contributed by atoms with Gasteiger partial charge in [0.05, 0.1) is 11.5 Å². The van der Waals surface area contributed by atoms with Crippen molar-refractivity contribution >= 4 is 23.4 Å². The van der Waals surface area contributed by atoms with Crippen LogP contribution in [0.3, 0.4) is 0 Å². The number of nitro groups is 1. The molecule has 0 aliphatic heterocycles. The second kappa shape index (κ2) is 7.36. The molecule has 0 saturated heterocycles. The summed E-state index contributed by atoms with van der Waals surface area (Å²) in [6, 6.07) is 0. The standard InChI is InChI=1S/C12H20N6O3/c1-4-5-6-17(7-9(13)19)11-10(18(20)21)8(2)15-12(14-3)16-11/h4-7H2,1-3H3,(H2,13,19)(H,14,15,16). The van der Waals surface area contributed by atoms with E-state index in [2.05, 4.69) is 15.3 Å². The Bertz CT molecular complexity index is 534. The van der Waals surface area contributed by atoms with E-state index < -0.39 is 10.8 Å². The summed E-state index contributed by atoms with van der Waals surface area (Å²) in [5.74, 6) is -0.189. The van der Waals surface area contributed by atoms with Crippen LogP contribution < -0.4 is 16.0 Å². The average Bonchev–Trinajstić information content (AvgIpc) is 2.41. The predicted octanol–water partition coefficient (Wildman–Crippen LogP) is 0.827. The van der Waals surface area contributed by atoms with Crippen molar-refractivity contribution in [3.63, 3.8) is 0 Å². The summed E-state index contributed by atoms with van der Waals surface area (Å²) in [5.41, 5.74) is 5.26. The van der Waals surface area contributed by atoms with Gasteiger partial charge in [-0.25, -0.2) is 4.98 Å². The van der Waals surface area contributed by atoms with Gasteiger partial charge in [-0.2, -0.15) is 4.98 Å². The maximum absolute atomic E-state index is 11.3. The monoisotopic (exact) mass is 296 g/mol. The number of unbranched alkanes of at least 4 members (excludes halogenated alkanes) is 1. The lowest BCUT2D eigenvalue weighted by atomic mass is 10.2. The van der Waals surface area contributed by atoms with Gasteiger partial charge in [0.25, 0.3) is 0 Å². The van der Waals surface area contributed by atoms with Crippen molar-refractivity contribution in [3.05, 3.63) is 15.8 Å². The summed E-state index contributed by atoms with van der Waals surface area (Å²) in [7, 11) is 1.62. The number of nitrogens with two attached hydrogens (primary N) is 1. The van der Waals surface area contributed by atoms with Crippen LogP contribution in [0.4, 0.5) is 17.5 Å². The molecular formula is C12H20N6O3. The number of nitrogens with one attached hydrogen (secondary N) is 1. The maximum atomic E-state index is 11.3. The molecule has 9 heteroatoms. The van der Waals surface area contributed by atoms with E-state index in [0.29, 0.717) is 6.54 Å². The molecule has 1 aromatic rings. The topological polar surface area (TPSA) is 127 Å². The van der Waals surface area contributed by atoms with Crippen LogP contribution in [0.1, 0.15) is 25.5 Å². The first-order chi connectivity index (χ1) is 9.90. The highest BCUT2D eigenvalue weighted by atomic mass is 16.6. The van der Waals surface area contributed by atoms with Crippen LogP contribution in [0.5, 0.6) is 0 Å². The zero-order valence-corrected chi connectivity index (χ0v) is 12.4. The average molecular weight is 296 g/mol. The van der Waals surface area contributed by atoms with Gasteiger partial charge in [-0.3, -0.25) is 14.9 Å². The molecule has 0 radical (unpaired) electrons. The molecule has 0 aromatic carbocycles. The third-order valence-electron chi connectivity index (χ3n) is 2.87. The van der Waals surface area contributed by atoms with Gasteiger partial charge in [-0.1, -0.05) is 13.3 Å². The van der Waals surface area contributed by atoms with Crippen LogP contribution in [0.15, 0.2) is 0 Å². The number of carbonyl (C=O) groups excluding carboxylic acids is 1. The molecule has 1 heterocycles. The van der Waals surface area contributed by atoms with E-state index in [-0.39, 0.29) is 29.7 Å². The van der Waals surface area contributed by atoms with Crippen molar-refractivity contribution in [2.24, 2.45) is 5.73 Å². The van der Waals surface area contributed by atoms with Gasteiger partial charge in [-0.05, 0) is 13.3 Å². The van der Waals surface area contributed by atoms with E-state index in [0.717, 1.165) is 12.8 Å². The van der Waals surface area contributed by atoms with Crippen LogP contribution in [0.25, 0.3) is 0 Å². The number of rotatable bonds is 8. The molecule has 0 aliphatic rings. The third kappa shape index (κ3) is 4.26. The number of anilines is 2. The Kier molecular flexibility index (Phi) is 5.82. The normalized spacial score (nSPS) is 10.2. The van der Waals surface area contributed by atoms with Crippen molar-refractivity contribution in [2.45, 2.75) is 26.7 Å². The number of aromatic nitrogens is 2. The van der Waals surface area contributed by atoms with Gasteiger partial charge < -0.3 is 16.0 Å². The highest BCUT2D eigenvalue weighted by molar-refractivity contribution is 5.80. The fourth-order valence-corrected chi connectivity index (χ4v) is 1.89. The van der Waals surface area contributed by atoms with Gasteiger partial charge in [0.15, 0.2) is 0 Å². The molecule has 0 atom stereocenters. The lowest BCUT2D eigenvalue weighted by molar-refractivity contribution is -0.385. The fourth-order valence-electron chi connectivity index (χ4n) is 1.89. The van der Waals surface area contributed by atoms with Gasteiger partial charge in [0.1, 0.15) is 5.69 Å². The van der Waals surface area contributed by atoms with Crippen molar-refractivity contribution in [3.8, 4) is 0 Å². The van der Waals surface area contributed by atoms with Crippen LogP contribution >= 0.6 is 0 Å². The fraction of sp³-hybridized carbons (Fsp3) is 0.583. The molecule has 0 aliphatic carbocycles. The first kappa shape index (κ1) is 16.6. The quantitative estimate of drug-likeness (QED) is 0.537. The first-order valence-corrected chi connectivity index (χ1v) is 6.64. The number of primary amides is 1. The lowest BCUT2D eigenvalue weighted by Crippen LogP contribution is -2.35. The van der Waals surface area contributed by atoms with Crippen LogP contribution in [0.2, 0.25) is 0 Å². The number of amides is 1. The SMILES string of the molecule is CCCCN(CC(N)=O)c1nc(NC)nc(C)c1[N+](=O)[O-]. The van der Waals surface area contributed by atoms with Crippen LogP contribution in [0, 0.1) is 17.0 Å². The summed E-state index contributed by atoms with van der Waals surface area (Å²) in [5, 5.41) is 14.0. The van der Waals surface area contributed by atoms with E-state index in [1.54, 1.807) is 7.05 Å². The molecular weight excluding hydrogens is 276 g/mol. The smallest absolute Gasteiger partial charge is 0.332 e. The number of hydrogen-bond acceptors (Lipinski definition) is 7.